The third kappa shape index (κ3) is 3.62. The Bertz CT molecular complexity index is 424. The smallest absolute Gasteiger partial charge is 0.165 e. The van der Waals surface area contributed by atoms with E-state index in [0.29, 0.717) is 5.56 Å². The van der Waals surface area contributed by atoms with Crippen LogP contribution < -0.4 is 10.5 Å². The van der Waals surface area contributed by atoms with Crippen LogP contribution in [0.15, 0.2) is 18.2 Å². The van der Waals surface area contributed by atoms with Gasteiger partial charge >= 0.3 is 0 Å². The Labute approximate surface area is 125 Å². The minimum absolute atomic E-state index is 0. The Hall–Kier alpha value is -0.840. The van der Waals surface area contributed by atoms with Crippen LogP contribution in [-0.4, -0.2) is 18.3 Å². The largest absolute Gasteiger partial charge is 0.493 e. The summed E-state index contributed by atoms with van der Waals surface area (Å²) in [5.74, 6) is -0.0899. The van der Waals surface area contributed by atoms with Crippen molar-refractivity contribution in [2.45, 2.75) is 44.2 Å². The number of halogens is 2. The van der Waals surface area contributed by atoms with Crippen LogP contribution in [-0.2, 0) is 0 Å². The second kappa shape index (κ2) is 7.81. The highest BCUT2D eigenvalue weighted by Crippen LogP contribution is 2.35. The molecule has 3 nitrogen and oxygen atoms in total. The third-order valence-corrected chi connectivity index (χ3v) is 4.06. The van der Waals surface area contributed by atoms with E-state index in [1.807, 2.05) is 0 Å². The predicted octanol–water partition coefficient (Wildman–Crippen LogP) is 3.20. The zero-order valence-electron chi connectivity index (χ0n) is 11.7. The normalized spacial score (nSPS) is 19.0. The zero-order chi connectivity index (χ0) is 13.8. The lowest BCUT2D eigenvalue weighted by Crippen LogP contribution is -2.34. The molecule has 1 fully saturated rings. The van der Waals surface area contributed by atoms with E-state index in [9.17, 15) is 9.50 Å². The van der Waals surface area contributed by atoms with Gasteiger partial charge in [-0.2, -0.15) is 0 Å². The lowest BCUT2D eigenvalue weighted by Gasteiger charge is -2.31. The van der Waals surface area contributed by atoms with Gasteiger partial charge in [-0.25, -0.2) is 4.39 Å². The maximum absolute atomic E-state index is 13.7. The molecule has 0 saturated heterocycles. The fourth-order valence-corrected chi connectivity index (χ4v) is 2.96. The molecule has 3 N–H and O–H groups in total. The number of hydrogen-bond donors (Lipinski definition) is 2. The number of para-hydroxylation sites is 1. The summed E-state index contributed by atoms with van der Waals surface area (Å²) in [5.41, 5.74) is 6.66. The van der Waals surface area contributed by atoms with Crippen molar-refractivity contribution < 1.29 is 14.2 Å². The van der Waals surface area contributed by atoms with Gasteiger partial charge in [0, 0.05) is 5.56 Å². The van der Waals surface area contributed by atoms with Crippen LogP contribution >= 0.6 is 12.4 Å². The summed E-state index contributed by atoms with van der Waals surface area (Å²) in [6.45, 7) is 0. The van der Waals surface area contributed by atoms with Crippen LogP contribution in [0, 0.1) is 11.7 Å². The van der Waals surface area contributed by atoms with E-state index in [-0.39, 0.29) is 24.1 Å². The Balaban J connectivity index is 0.00000200. The fourth-order valence-electron chi connectivity index (χ4n) is 2.96. The van der Waals surface area contributed by atoms with Crippen molar-refractivity contribution in [3.05, 3.63) is 29.6 Å². The van der Waals surface area contributed by atoms with Gasteiger partial charge in [-0.05, 0) is 24.8 Å². The summed E-state index contributed by atoms with van der Waals surface area (Å²) in [5, 5.41) is 10.4. The highest BCUT2D eigenvalue weighted by molar-refractivity contribution is 5.85. The molecular formula is C15H23ClFNO2. The Kier molecular flexibility index (Phi) is 6.72. The van der Waals surface area contributed by atoms with E-state index in [2.05, 4.69) is 0 Å². The molecule has 0 spiro atoms. The highest BCUT2D eigenvalue weighted by Gasteiger charge is 2.29. The molecule has 20 heavy (non-hydrogen) atoms. The summed E-state index contributed by atoms with van der Waals surface area (Å²) < 4.78 is 18.7. The van der Waals surface area contributed by atoms with Crippen LogP contribution in [0.4, 0.5) is 4.39 Å². The maximum Gasteiger partial charge on any atom is 0.165 e. The van der Waals surface area contributed by atoms with Crippen LogP contribution in [0.5, 0.6) is 5.75 Å². The Morgan fingerprint density at radius 2 is 1.95 bits per heavy atom. The standard InChI is InChI=1S/C15H22FNO2.ClH/c1-19-15-11(8-5-9-12(15)16)13(17)14(18)10-6-3-2-4-7-10;/h5,8-10,13-14,18H,2-4,6-7,17H2,1H3;1H/t13-,14+;/m1./s1. The van der Waals surface area contributed by atoms with Crippen molar-refractivity contribution >= 4 is 12.4 Å². The number of aliphatic hydroxyl groups excluding tert-OH is 1. The average Bonchev–Trinajstić information content (AvgIpc) is 2.46. The van der Waals surface area contributed by atoms with Crippen LogP contribution in [0.25, 0.3) is 0 Å². The first-order valence-corrected chi connectivity index (χ1v) is 6.91. The van der Waals surface area contributed by atoms with Gasteiger partial charge in [0.1, 0.15) is 0 Å². The van der Waals surface area contributed by atoms with Gasteiger partial charge in [0.25, 0.3) is 0 Å². The minimum atomic E-state index is -0.643. The molecule has 0 aliphatic heterocycles. The van der Waals surface area contributed by atoms with Crippen molar-refractivity contribution in [2.75, 3.05) is 7.11 Å². The van der Waals surface area contributed by atoms with Gasteiger partial charge in [0.05, 0.1) is 19.3 Å². The molecule has 1 saturated carbocycles. The molecule has 0 aromatic heterocycles. The predicted molar refractivity (Wildman–Crippen MR) is 79.7 cm³/mol. The van der Waals surface area contributed by atoms with E-state index in [0.717, 1.165) is 25.7 Å². The van der Waals surface area contributed by atoms with E-state index < -0.39 is 18.0 Å². The number of rotatable bonds is 4. The Morgan fingerprint density at radius 1 is 1.30 bits per heavy atom. The van der Waals surface area contributed by atoms with Crippen molar-refractivity contribution in [1.29, 1.82) is 0 Å². The van der Waals surface area contributed by atoms with Gasteiger partial charge in [0.2, 0.25) is 0 Å². The van der Waals surface area contributed by atoms with Crippen LogP contribution in [0.1, 0.15) is 43.7 Å². The maximum atomic E-state index is 13.7. The molecule has 1 aromatic rings. The molecule has 0 amide bonds. The molecule has 2 rings (SSSR count). The SMILES string of the molecule is COc1c(F)cccc1[C@@H](N)[C@@H](O)C1CCCCC1.Cl. The molecular weight excluding hydrogens is 281 g/mol. The molecule has 0 radical (unpaired) electrons. The summed E-state index contributed by atoms with van der Waals surface area (Å²) in [6.07, 6.45) is 4.83. The number of hydrogen-bond acceptors (Lipinski definition) is 3. The van der Waals surface area contributed by atoms with Crippen LogP contribution in [0.3, 0.4) is 0 Å². The van der Waals surface area contributed by atoms with Gasteiger partial charge in [-0.15, -0.1) is 12.4 Å². The molecule has 1 aliphatic carbocycles. The van der Waals surface area contributed by atoms with Crippen molar-refractivity contribution in [1.82, 2.24) is 0 Å². The third-order valence-electron chi connectivity index (χ3n) is 4.06. The molecule has 0 unspecified atom stereocenters. The zero-order valence-corrected chi connectivity index (χ0v) is 12.5. The second-order valence-corrected chi connectivity index (χ2v) is 5.28. The molecule has 1 aliphatic rings. The molecule has 0 heterocycles. The van der Waals surface area contributed by atoms with E-state index in [1.165, 1.54) is 19.6 Å². The fraction of sp³-hybridized carbons (Fsp3) is 0.600. The van der Waals surface area contributed by atoms with Crippen LogP contribution in [0.2, 0.25) is 0 Å². The topological polar surface area (TPSA) is 55.5 Å². The highest BCUT2D eigenvalue weighted by atomic mass is 35.5. The monoisotopic (exact) mass is 303 g/mol. The van der Waals surface area contributed by atoms with Gasteiger partial charge < -0.3 is 15.6 Å². The first-order valence-electron chi connectivity index (χ1n) is 6.91. The molecule has 0 bridgehead atoms. The summed E-state index contributed by atoms with van der Waals surface area (Å²) in [6, 6.07) is 4.05. The minimum Gasteiger partial charge on any atom is -0.493 e. The van der Waals surface area contributed by atoms with Gasteiger partial charge in [-0.1, -0.05) is 31.4 Å². The molecule has 2 atom stereocenters. The van der Waals surface area contributed by atoms with E-state index in [4.69, 9.17) is 10.5 Å². The Morgan fingerprint density at radius 3 is 2.55 bits per heavy atom. The summed E-state index contributed by atoms with van der Waals surface area (Å²) >= 11 is 0. The van der Waals surface area contributed by atoms with Gasteiger partial charge in [-0.3, -0.25) is 0 Å². The second-order valence-electron chi connectivity index (χ2n) is 5.28. The lowest BCUT2D eigenvalue weighted by atomic mass is 9.81. The first kappa shape index (κ1) is 17.2. The quantitative estimate of drug-likeness (QED) is 0.898. The average molecular weight is 304 g/mol. The van der Waals surface area contributed by atoms with Crippen molar-refractivity contribution in [3.8, 4) is 5.75 Å². The van der Waals surface area contributed by atoms with E-state index >= 15 is 0 Å². The number of ether oxygens (including phenoxy) is 1. The summed E-state index contributed by atoms with van der Waals surface area (Å²) in [4.78, 5) is 0. The molecule has 5 heteroatoms. The van der Waals surface area contributed by atoms with Crippen molar-refractivity contribution in [3.63, 3.8) is 0 Å². The number of nitrogens with two attached hydrogens (primary N) is 1. The van der Waals surface area contributed by atoms with Gasteiger partial charge in [0.15, 0.2) is 11.6 Å². The molecule has 1 aromatic carbocycles. The number of aliphatic hydroxyl groups is 1. The van der Waals surface area contributed by atoms with E-state index in [1.54, 1.807) is 12.1 Å². The first-order chi connectivity index (χ1) is 9.15. The molecule has 114 valence electrons. The van der Waals surface area contributed by atoms with Crippen molar-refractivity contribution in [2.24, 2.45) is 11.7 Å². The summed E-state index contributed by atoms with van der Waals surface area (Å²) in [7, 11) is 1.42. The number of methoxy groups -OCH3 is 1. The number of benzene rings is 1. The lowest BCUT2D eigenvalue weighted by molar-refractivity contribution is 0.0609.